The second kappa shape index (κ2) is 7.77. The first-order valence-electron chi connectivity index (χ1n) is 8.05. The van der Waals surface area contributed by atoms with Crippen molar-refractivity contribution in [1.82, 2.24) is 9.55 Å². The summed E-state index contributed by atoms with van der Waals surface area (Å²) in [6.07, 6.45) is 3.09. The van der Waals surface area contributed by atoms with Crippen molar-refractivity contribution >= 4 is 23.2 Å². The minimum atomic E-state index is -3.82. The molecule has 0 bridgehead atoms. The number of aromatic nitrogens is 2. The number of alkyl halides is 3. The Kier molecular flexibility index (Phi) is 5.41. The van der Waals surface area contributed by atoms with Crippen molar-refractivity contribution in [3.05, 3.63) is 82.5 Å². The summed E-state index contributed by atoms with van der Waals surface area (Å²) in [6, 6.07) is 11.4. The summed E-state index contributed by atoms with van der Waals surface area (Å²) >= 11 is 4.71. The molecule has 0 spiro atoms. The molecule has 2 aromatic heterocycles. The normalized spacial score (nSPS) is 11.1. The Bertz CT molecular complexity index is 1050. The second-order valence-corrected chi connectivity index (χ2v) is 6.18. The third-order valence-electron chi connectivity index (χ3n) is 3.83. The zero-order valence-corrected chi connectivity index (χ0v) is 15.3. The van der Waals surface area contributed by atoms with Gasteiger partial charge in [0.25, 0.3) is 11.5 Å². The number of hydrogen-bond acceptors (Lipinski definition) is 4. The van der Waals surface area contributed by atoms with E-state index < -0.39 is 11.5 Å². The smallest absolute Gasteiger partial charge is 0.420 e. The van der Waals surface area contributed by atoms with Crippen LogP contribution in [0.5, 0.6) is 5.75 Å². The number of ether oxygens (including phenoxy) is 1. The summed E-state index contributed by atoms with van der Waals surface area (Å²) in [5, 5.41) is 2.64. The van der Waals surface area contributed by atoms with Gasteiger partial charge in [0.15, 0.2) is 0 Å². The van der Waals surface area contributed by atoms with Crippen molar-refractivity contribution in [2.75, 3.05) is 5.32 Å². The average molecular weight is 406 g/mol. The molecule has 3 aromatic rings. The molecular weight excluding hydrogens is 392 g/mol. The molecule has 0 radical (unpaired) electrons. The summed E-state index contributed by atoms with van der Waals surface area (Å²) < 4.78 is 30.9. The third-order valence-corrected chi connectivity index (χ3v) is 3.91. The van der Waals surface area contributed by atoms with Crippen LogP contribution in [-0.2, 0) is 0 Å². The molecule has 0 saturated heterocycles. The van der Waals surface area contributed by atoms with E-state index in [-0.39, 0.29) is 16.9 Å². The lowest BCUT2D eigenvalue weighted by Crippen LogP contribution is -2.24. The quantitative estimate of drug-likeness (QED) is 0.652. The van der Waals surface area contributed by atoms with Crippen LogP contribution >= 0.6 is 11.6 Å². The van der Waals surface area contributed by atoms with Gasteiger partial charge in [-0.25, -0.2) is 0 Å². The predicted octanol–water partition coefficient (Wildman–Crippen LogP) is 3.96. The van der Waals surface area contributed by atoms with E-state index in [1.807, 2.05) is 0 Å². The number of nitrogens with zero attached hydrogens (tertiary/aromatic N) is 2. The lowest BCUT2D eigenvalue weighted by Gasteiger charge is -2.14. The van der Waals surface area contributed by atoms with E-state index in [4.69, 9.17) is 11.6 Å². The number of carbonyl (C=O) groups excluding carboxylic acids is 1. The number of hydrogen-bond donors (Lipinski definition) is 1. The molecule has 9 heteroatoms. The van der Waals surface area contributed by atoms with Crippen molar-refractivity contribution in [2.45, 2.75) is 12.5 Å². The zero-order valence-electron chi connectivity index (χ0n) is 14.5. The van der Waals surface area contributed by atoms with Crippen LogP contribution in [0.4, 0.5) is 14.5 Å². The fourth-order valence-electron chi connectivity index (χ4n) is 2.62. The zero-order chi connectivity index (χ0) is 20.3. The molecule has 0 atom stereocenters. The minimum absolute atomic E-state index is 0.153. The maximum absolute atomic E-state index is 12.6. The molecule has 0 saturated carbocycles. The first-order chi connectivity index (χ1) is 13.2. The summed E-state index contributed by atoms with van der Waals surface area (Å²) in [5.74, 6) is -0.620. The third kappa shape index (κ3) is 4.52. The first kappa shape index (κ1) is 19.5. The molecule has 3 rings (SSSR count). The van der Waals surface area contributed by atoms with Gasteiger partial charge in [0.05, 0.1) is 17.4 Å². The molecule has 28 heavy (non-hydrogen) atoms. The van der Waals surface area contributed by atoms with Crippen molar-refractivity contribution in [1.29, 1.82) is 0 Å². The highest BCUT2D eigenvalue weighted by atomic mass is 35.5. The molecule has 0 unspecified atom stereocenters. The number of anilines is 1. The van der Waals surface area contributed by atoms with E-state index in [1.165, 1.54) is 47.2 Å². The number of halogens is 3. The average Bonchev–Trinajstić information content (AvgIpc) is 2.63. The van der Waals surface area contributed by atoms with Crippen molar-refractivity contribution in [3.63, 3.8) is 0 Å². The lowest BCUT2D eigenvalue weighted by atomic mass is 10.1. The van der Waals surface area contributed by atoms with Crippen molar-refractivity contribution < 1.29 is 18.3 Å². The van der Waals surface area contributed by atoms with Gasteiger partial charge in [-0.3, -0.25) is 19.1 Å². The van der Waals surface area contributed by atoms with E-state index in [0.717, 1.165) is 0 Å². The fourth-order valence-corrected chi connectivity index (χ4v) is 2.71. The molecule has 0 fully saturated rings. The number of pyridine rings is 2. The Balaban J connectivity index is 1.85. The monoisotopic (exact) mass is 405 g/mol. The summed E-state index contributed by atoms with van der Waals surface area (Å²) in [4.78, 5) is 28.9. The summed E-state index contributed by atoms with van der Waals surface area (Å²) in [6.45, 7) is 1.64. The molecule has 1 N–H and O–H groups in total. The van der Waals surface area contributed by atoms with Gasteiger partial charge < -0.3 is 10.1 Å². The predicted molar refractivity (Wildman–Crippen MR) is 100 cm³/mol. The van der Waals surface area contributed by atoms with Crippen LogP contribution in [0.2, 0.25) is 0 Å². The van der Waals surface area contributed by atoms with Gasteiger partial charge in [-0.15, -0.1) is 8.78 Å². The topological polar surface area (TPSA) is 73.2 Å². The highest BCUT2D eigenvalue weighted by molar-refractivity contribution is 6.20. The van der Waals surface area contributed by atoms with Gasteiger partial charge >= 0.3 is 5.57 Å². The molecule has 0 aliphatic heterocycles. The lowest BCUT2D eigenvalue weighted by molar-refractivity contribution is -0.0964. The first-order valence-corrected chi connectivity index (χ1v) is 8.42. The van der Waals surface area contributed by atoms with E-state index >= 15 is 0 Å². The van der Waals surface area contributed by atoms with Crippen LogP contribution in [0.1, 0.15) is 16.1 Å². The van der Waals surface area contributed by atoms with E-state index in [0.29, 0.717) is 17.1 Å². The molecule has 2 heterocycles. The highest BCUT2D eigenvalue weighted by Gasteiger charge is 2.27. The van der Waals surface area contributed by atoms with Crippen LogP contribution in [-0.4, -0.2) is 21.0 Å². The molecule has 6 nitrogen and oxygen atoms in total. The van der Waals surface area contributed by atoms with Gasteiger partial charge in [0, 0.05) is 35.2 Å². The van der Waals surface area contributed by atoms with Gasteiger partial charge in [-0.2, -0.15) is 0 Å². The number of nitrogens with one attached hydrogen (secondary N) is 1. The second-order valence-electron chi connectivity index (χ2n) is 5.74. The molecule has 144 valence electrons. The largest absolute Gasteiger partial charge is 0.487 e. The van der Waals surface area contributed by atoms with Gasteiger partial charge in [-0.1, -0.05) is 0 Å². The molecule has 0 aliphatic rings. The van der Waals surface area contributed by atoms with Crippen LogP contribution in [0, 0.1) is 6.92 Å². The van der Waals surface area contributed by atoms with Gasteiger partial charge in [-0.05, 0) is 49.4 Å². The van der Waals surface area contributed by atoms with Gasteiger partial charge in [0.1, 0.15) is 5.75 Å². The molecular formula is C19H14ClF2N3O3. The SMILES string of the molecule is Cc1c(C(=O)Nc2ccc(OC(F)(F)Cl)cc2)ccc(=O)n1-c1cccnc1. The van der Waals surface area contributed by atoms with Crippen LogP contribution in [0.3, 0.4) is 0 Å². The Morgan fingerprint density at radius 1 is 1.18 bits per heavy atom. The Morgan fingerprint density at radius 3 is 2.50 bits per heavy atom. The number of carbonyl (C=O) groups is 1. The van der Waals surface area contributed by atoms with E-state index in [1.54, 1.807) is 25.3 Å². The minimum Gasteiger partial charge on any atom is -0.420 e. The molecule has 0 aliphatic carbocycles. The van der Waals surface area contributed by atoms with E-state index in [9.17, 15) is 18.4 Å². The maximum atomic E-state index is 12.6. The van der Waals surface area contributed by atoms with Crippen LogP contribution < -0.4 is 15.6 Å². The van der Waals surface area contributed by atoms with Crippen LogP contribution in [0.25, 0.3) is 5.69 Å². The Labute approximate surface area is 163 Å². The standard InChI is InChI=1S/C19H14ClF2N3O3/c1-12-16(8-9-17(26)25(12)14-3-2-10-23-11-14)18(27)24-13-4-6-15(7-5-13)28-19(20,21)22/h2-11H,1H3,(H,24,27). The highest BCUT2D eigenvalue weighted by Crippen LogP contribution is 2.26. The number of rotatable bonds is 5. The summed E-state index contributed by atoms with van der Waals surface area (Å²) in [5.41, 5.74) is -2.53. The Hall–Kier alpha value is -3.26. The summed E-state index contributed by atoms with van der Waals surface area (Å²) in [7, 11) is 0. The van der Waals surface area contributed by atoms with Crippen molar-refractivity contribution in [3.8, 4) is 11.4 Å². The van der Waals surface area contributed by atoms with Crippen LogP contribution in [0.15, 0.2) is 65.7 Å². The number of amides is 1. The van der Waals surface area contributed by atoms with E-state index in [2.05, 4.69) is 15.0 Å². The van der Waals surface area contributed by atoms with Crippen molar-refractivity contribution in [2.24, 2.45) is 0 Å². The van der Waals surface area contributed by atoms with Gasteiger partial charge in [0.2, 0.25) is 0 Å². The molecule has 1 amide bonds. The number of benzene rings is 1. The fraction of sp³-hybridized carbons (Fsp3) is 0.105. The maximum Gasteiger partial charge on any atom is 0.487 e. The Morgan fingerprint density at radius 2 is 1.89 bits per heavy atom. The molecule has 1 aromatic carbocycles.